The summed E-state index contributed by atoms with van der Waals surface area (Å²) < 4.78 is 10.3. The first-order valence-electron chi connectivity index (χ1n) is 13.4. The highest BCUT2D eigenvalue weighted by Gasteiger charge is 2.36. The number of hydrogen-bond donors (Lipinski definition) is 3. The number of alkyl carbamates (subject to hydrolysis) is 1. The van der Waals surface area contributed by atoms with Crippen LogP contribution in [0.5, 0.6) is 5.75 Å². The molecule has 3 N–H and O–H groups in total. The van der Waals surface area contributed by atoms with Gasteiger partial charge in [-0.05, 0) is 82.7 Å². The smallest absolute Gasteiger partial charge is 0.408 e. The normalized spacial score (nSPS) is 12.7. The second kappa shape index (κ2) is 16.9. The summed E-state index contributed by atoms with van der Waals surface area (Å²) in [5.74, 6) is -0.666. The maximum absolute atomic E-state index is 14.0. The van der Waals surface area contributed by atoms with E-state index >= 15 is 0 Å². The number of rotatable bonds is 15. The lowest BCUT2D eigenvalue weighted by Gasteiger charge is -2.34. The molecule has 11 heteroatoms. The number of hydrogen-bond acceptors (Lipinski definition) is 8. The van der Waals surface area contributed by atoms with Gasteiger partial charge >= 0.3 is 12.1 Å². The number of ether oxygens (including phenoxy) is 2. The average Bonchev–Trinajstić information content (AvgIpc) is 2.84. The van der Waals surface area contributed by atoms with Crippen molar-refractivity contribution in [2.75, 3.05) is 31.7 Å². The van der Waals surface area contributed by atoms with E-state index in [1.165, 1.54) is 22.7 Å². The number of phenolic OH excluding ortho intramolecular Hbond substituents is 1. The summed E-state index contributed by atoms with van der Waals surface area (Å²) in [6.07, 6.45) is 2.91. The Morgan fingerprint density at radius 1 is 1.15 bits per heavy atom. The zero-order valence-electron chi connectivity index (χ0n) is 24.3. The van der Waals surface area contributed by atoms with Crippen molar-refractivity contribution < 1.29 is 33.8 Å². The molecule has 0 heterocycles. The zero-order valence-corrected chi connectivity index (χ0v) is 25.1. The minimum atomic E-state index is -1.05. The van der Waals surface area contributed by atoms with Crippen molar-refractivity contribution in [1.82, 2.24) is 15.5 Å². The van der Waals surface area contributed by atoms with Gasteiger partial charge in [-0.1, -0.05) is 19.4 Å². The van der Waals surface area contributed by atoms with Crippen molar-refractivity contribution >= 4 is 35.6 Å². The van der Waals surface area contributed by atoms with Crippen LogP contribution in [0.2, 0.25) is 0 Å². The van der Waals surface area contributed by atoms with Gasteiger partial charge in [-0.3, -0.25) is 14.4 Å². The van der Waals surface area contributed by atoms with E-state index < -0.39 is 41.6 Å². The number of aromatic hydroxyl groups is 1. The minimum Gasteiger partial charge on any atom is -0.508 e. The SMILES string of the molecule is CCCCN(C(=O)C(CCSC)NC(=O)OC(C)(C)C)C(C(=O)NCCC(=O)OCC)c1ccc(O)c(C)c1. The van der Waals surface area contributed by atoms with Gasteiger partial charge in [0.05, 0.1) is 13.0 Å². The highest BCUT2D eigenvalue weighted by Crippen LogP contribution is 2.28. The molecule has 2 unspecified atom stereocenters. The van der Waals surface area contributed by atoms with Crippen LogP contribution >= 0.6 is 11.8 Å². The Morgan fingerprint density at radius 3 is 2.41 bits per heavy atom. The number of benzene rings is 1. The van der Waals surface area contributed by atoms with Gasteiger partial charge in [-0.25, -0.2) is 4.79 Å². The summed E-state index contributed by atoms with van der Waals surface area (Å²) in [6.45, 7) is 11.1. The molecule has 10 nitrogen and oxygen atoms in total. The molecular weight excluding hydrogens is 522 g/mol. The lowest BCUT2D eigenvalue weighted by Crippen LogP contribution is -2.53. The lowest BCUT2D eigenvalue weighted by atomic mass is 9.99. The summed E-state index contributed by atoms with van der Waals surface area (Å²) in [5, 5.41) is 15.5. The van der Waals surface area contributed by atoms with E-state index in [2.05, 4.69) is 10.6 Å². The van der Waals surface area contributed by atoms with Crippen LogP contribution in [-0.4, -0.2) is 77.2 Å². The molecule has 0 bridgehead atoms. The maximum atomic E-state index is 14.0. The molecule has 39 heavy (non-hydrogen) atoms. The quantitative estimate of drug-likeness (QED) is 0.270. The molecule has 1 aromatic rings. The highest BCUT2D eigenvalue weighted by molar-refractivity contribution is 7.98. The second-order valence-electron chi connectivity index (χ2n) is 10.2. The van der Waals surface area contributed by atoms with Crippen LogP contribution in [0.1, 0.15) is 77.5 Å². The Morgan fingerprint density at radius 2 is 1.85 bits per heavy atom. The Bertz CT molecular complexity index is 965. The van der Waals surface area contributed by atoms with Gasteiger partial charge in [0.15, 0.2) is 0 Å². The van der Waals surface area contributed by atoms with Crippen molar-refractivity contribution in [1.29, 1.82) is 0 Å². The highest BCUT2D eigenvalue weighted by atomic mass is 32.2. The largest absolute Gasteiger partial charge is 0.508 e. The van der Waals surface area contributed by atoms with E-state index in [9.17, 15) is 24.3 Å². The van der Waals surface area contributed by atoms with Crippen LogP contribution in [0.15, 0.2) is 18.2 Å². The molecule has 0 aliphatic carbocycles. The van der Waals surface area contributed by atoms with Crippen molar-refractivity contribution in [3.05, 3.63) is 29.3 Å². The molecule has 0 radical (unpaired) electrons. The van der Waals surface area contributed by atoms with Crippen LogP contribution in [0, 0.1) is 6.92 Å². The number of aryl methyl sites for hydroxylation is 1. The predicted octanol–water partition coefficient (Wildman–Crippen LogP) is 4.09. The zero-order chi connectivity index (χ0) is 29.6. The maximum Gasteiger partial charge on any atom is 0.408 e. The third-order valence-electron chi connectivity index (χ3n) is 5.67. The molecule has 0 saturated carbocycles. The Labute approximate surface area is 236 Å². The van der Waals surface area contributed by atoms with Crippen molar-refractivity contribution in [3.8, 4) is 5.75 Å². The third-order valence-corrected chi connectivity index (χ3v) is 6.31. The van der Waals surface area contributed by atoms with E-state index in [0.717, 1.165) is 6.42 Å². The molecule has 1 aromatic carbocycles. The van der Waals surface area contributed by atoms with Crippen LogP contribution in [0.25, 0.3) is 0 Å². The molecule has 0 aromatic heterocycles. The van der Waals surface area contributed by atoms with Crippen LogP contribution in [0.4, 0.5) is 4.79 Å². The number of phenols is 1. The molecule has 0 fully saturated rings. The topological polar surface area (TPSA) is 134 Å². The molecule has 1 rings (SSSR count). The fourth-order valence-corrected chi connectivity index (χ4v) is 4.25. The molecule has 0 spiro atoms. The number of nitrogens with one attached hydrogen (secondary N) is 2. The predicted molar refractivity (Wildman–Crippen MR) is 153 cm³/mol. The average molecular weight is 568 g/mol. The summed E-state index contributed by atoms with van der Waals surface area (Å²) in [7, 11) is 0. The minimum absolute atomic E-state index is 0.0135. The van der Waals surface area contributed by atoms with Gasteiger partial charge in [0.1, 0.15) is 23.4 Å². The second-order valence-corrected chi connectivity index (χ2v) is 11.1. The molecule has 3 amide bonds. The van der Waals surface area contributed by atoms with E-state index in [1.54, 1.807) is 46.8 Å². The van der Waals surface area contributed by atoms with Crippen LogP contribution in [0.3, 0.4) is 0 Å². The number of amides is 3. The Balaban J connectivity index is 3.42. The van der Waals surface area contributed by atoms with E-state index in [1.807, 2.05) is 13.2 Å². The summed E-state index contributed by atoms with van der Waals surface area (Å²) >= 11 is 1.54. The number of carbonyl (C=O) groups is 4. The monoisotopic (exact) mass is 567 g/mol. The first kappa shape index (κ1) is 34.1. The molecule has 220 valence electrons. The number of carbonyl (C=O) groups excluding carboxylic acids is 4. The van der Waals surface area contributed by atoms with Gasteiger partial charge in [-0.15, -0.1) is 0 Å². The molecule has 0 aliphatic heterocycles. The van der Waals surface area contributed by atoms with Crippen LogP contribution < -0.4 is 10.6 Å². The van der Waals surface area contributed by atoms with Crippen LogP contribution in [-0.2, 0) is 23.9 Å². The number of thioether (sulfide) groups is 1. The van der Waals surface area contributed by atoms with E-state index in [0.29, 0.717) is 29.7 Å². The fourth-order valence-electron chi connectivity index (χ4n) is 3.78. The van der Waals surface area contributed by atoms with Gasteiger partial charge in [0, 0.05) is 13.1 Å². The number of nitrogens with zero attached hydrogens (tertiary/aromatic N) is 1. The van der Waals surface area contributed by atoms with Gasteiger partial charge in [0.25, 0.3) is 0 Å². The lowest BCUT2D eigenvalue weighted by molar-refractivity contribution is -0.144. The summed E-state index contributed by atoms with van der Waals surface area (Å²) in [5.41, 5.74) is 0.305. The Kier molecular flexibility index (Phi) is 14.8. The van der Waals surface area contributed by atoms with Crippen molar-refractivity contribution in [2.24, 2.45) is 0 Å². The molecule has 2 atom stereocenters. The number of unbranched alkanes of at least 4 members (excludes halogenated alkanes) is 1. The van der Waals surface area contributed by atoms with E-state index in [4.69, 9.17) is 9.47 Å². The molecule has 0 aliphatic rings. The standard InChI is InChI=1S/C28H45N3O7S/c1-8-10-16-31(26(35)21(14-17-39-7)30-27(36)38-28(4,5)6)24(20-11-12-22(32)19(3)18-20)25(34)29-15-13-23(33)37-9-2/h11-12,18,21,24,32H,8-10,13-17H2,1-7H3,(H,29,34)(H,30,36). The van der Waals surface area contributed by atoms with Gasteiger partial charge < -0.3 is 30.1 Å². The fraction of sp³-hybridized carbons (Fsp3) is 0.643. The van der Waals surface area contributed by atoms with E-state index in [-0.39, 0.29) is 31.9 Å². The first-order chi connectivity index (χ1) is 18.3. The third kappa shape index (κ3) is 12.2. The van der Waals surface area contributed by atoms with Crippen molar-refractivity contribution in [3.63, 3.8) is 0 Å². The summed E-state index contributed by atoms with van der Waals surface area (Å²) in [4.78, 5) is 53.5. The van der Waals surface area contributed by atoms with Gasteiger partial charge in [-0.2, -0.15) is 11.8 Å². The Hall–Kier alpha value is -2.95. The first-order valence-corrected chi connectivity index (χ1v) is 14.8. The molecule has 0 saturated heterocycles. The summed E-state index contributed by atoms with van der Waals surface area (Å²) in [6, 6.07) is 2.77. The van der Waals surface area contributed by atoms with Crippen molar-refractivity contribution in [2.45, 2.75) is 84.9 Å². The number of esters is 1. The molecular formula is C28H45N3O7S. The van der Waals surface area contributed by atoms with Gasteiger partial charge in [0.2, 0.25) is 11.8 Å².